The minimum absolute atomic E-state index is 0. The average molecular weight is 807 g/mol. The van der Waals surface area contributed by atoms with E-state index in [0.29, 0.717) is 0 Å². The summed E-state index contributed by atoms with van der Waals surface area (Å²) >= 11 is 1.46. The van der Waals surface area contributed by atoms with Gasteiger partial charge in [0.1, 0.15) is 0 Å². The van der Waals surface area contributed by atoms with Crippen LogP contribution in [-0.4, -0.2) is 3.21 Å². The second kappa shape index (κ2) is 16.1. The van der Waals surface area contributed by atoms with Gasteiger partial charge in [0.05, 0.1) is 0 Å². The molecule has 0 nitrogen and oxygen atoms in total. The summed E-state index contributed by atoms with van der Waals surface area (Å²) in [6.07, 6.45) is 7.35. The maximum absolute atomic E-state index is 2.58. The molecule has 0 N–H and O–H groups in total. The molecule has 272 valence electrons. The molecule has 0 spiro atoms. The van der Waals surface area contributed by atoms with Crippen molar-refractivity contribution in [3.63, 3.8) is 0 Å². The molecule has 0 bridgehead atoms. The van der Waals surface area contributed by atoms with Crippen LogP contribution in [0.15, 0.2) is 103 Å². The quantitative estimate of drug-likeness (QED) is 0.173. The van der Waals surface area contributed by atoms with E-state index >= 15 is 0 Å². The number of benzene rings is 4. The van der Waals surface area contributed by atoms with Crippen LogP contribution in [0, 0.1) is 20.3 Å². The van der Waals surface area contributed by atoms with Crippen molar-refractivity contribution in [3.8, 4) is 11.1 Å². The van der Waals surface area contributed by atoms with Crippen molar-refractivity contribution in [2.75, 3.05) is 0 Å². The summed E-state index contributed by atoms with van der Waals surface area (Å²) in [7, 11) is 0. The Kier molecular flexibility index (Phi) is 13.1. The Morgan fingerprint density at radius 1 is 0.558 bits per heavy atom. The second-order valence-electron chi connectivity index (χ2n) is 17.6. The third-order valence-electron chi connectivity index (χ3n) is 11.8. The van der Waals surface area contributed by atoms with E-state index in [0.717, 1.165) is 12.8 Å². The van der Waals surface area contributed by atoms with Gasteiger partial charge in [0.2, 0.25) is 0 Å². The average Bonchev–Trinajstić information content (AvgIpc) is 3.77. The molecule has 0 radical (unpaired) electrons. The molecule has 0 unspecified atom stereocenters. The second-order valence-corrected chi connectivity index (χ2v) is 18.9. The Bertz CT molecular complexity index is 1840. The van der Waals surface area contributed by atoms with Gasteiger partial charge in [-0.3, -0.25) is 0 Å². The molecule has 5 aromatic rings. The predicted octanol–water partition coefficient (Wildman–Crippen LogP) is 6.60. The minimum atomic E-state index is 0. The molecule has 0 fully saturated rings. The van der Waals surface area contributed by atoms with Crippen molar-refractivity contribution >= 4 is 3.21 Å². The van der Waals surface area contributed by atoms with E-state index in [1.807, 2.05) is 30.3 Å². The number of rotatable bonds is 2. The van der Waals surface area contributed by atoms with Crippen LogP contribution in [0.1, 0.15) is 130 Å². The van der Waals surface area contributed by atoms with Crippen molar-refractivity contribution in [1.29, 1.82) is 0 Å². The van der Waals surface area contributed by atoms with Crippen LogP contribution in [0.2, 0.25) is 0 Å². The smallest absolute Gasteiger partial charge is 0.172 e. The zero-order valence-electron chi connectivity index (χ0n) is 33.0. The maximum Gasteiger partial charge on any atom is -0.172 e. The fraction of sp³-hybridized carbons (Fsp3) is 0.367. The number of aryl methyl sites for hydroxylation is 2. The van der Waals surface area contributed by atoms with Gasteiger partial charge in [0.15, 0.2) is 0 Å². The van der Waals surface area contributed by atoms with Gasteiger partial charge in [0.25, 0.3) is 0 Å². The monoisotopic (exact) mass is 804 g/mol. The van der Waals surface area contributed by atoms with E-state index in [4.69, 9.17) is 0 Å². The van der Waals surface area contributed by atoms with Gasteiger partial charge in [-0.15, -0.1) is 5.41 Å². The normalized spacial score (nSPS) is 17.5. The molecule has 0 saturated heterocycles. The topological polar surface area (TPSA) is 0 Å². The Hall–Kier alpha value is -2.44. The molecule has 0 aromatic heterocycles. The van der Waals surface area contributed by atoms with Crippen molar-refractivity contribution in [2.24, 2.45) is 0 Å². The first-order chi connectivity index (χ1) is 23.5. The van der Waals surface area contributed by atoms with Gasteiger partial charge in [0, 0.05) is 0 Å². The zero-order valence-corrected chi connectivity index (χ0v) is 36.9. The van der Waals surface area contributed by atoms with Crippen molar-refractivity contribution in [1.82, 2.24) is 0 Å². The van der Waals surface area contributed by atoms with Gasteiger partial charge in [-0.05, 0) is 74.5 Å². The molecule has 0 heterocycles. The Labute approximate surface area is 342 Å². The van der Waals surface area contributed by atoms with Gasteiger partial charge in [-0.2, -0.15) is 24.6 Å². The predicted molar refractivity (Wildman–Crippen MR) is 213 cm³/mol. The van der Waals surface area contributed by atoms with E-state index in [1.54, 1.807) is 27.8 Å². The molecule has 0 atom stereocenters. The van der Waals surface area contributed by atoms with Gasteiger partial charge in [-0.25, -0.2) is 12.1 Å². The summed E-state index contributed by atoms with van der Waals surface area (Å²) in [5.74, 6) is 0. The van der Waals surface area contributed by atoms with Crippen LogP contribution in [0.3, 0.4) is 0 Å². The largest absolute Gasteiger partial charge is 1.00 e. The van der Waals surface area contributed by atoms with Crippen LogP contribution in [-0.2, 0) is 52.3 Å². The van der Waals surface area contributed by atoms with Crippen molar-refractivity contribution in [3.05, 3.63) is 165 Å². The van der Waals surface area contributed by atoms with E-state index < -0.39 is 0 Å². The van der Waals surface area contributed by atoms with Crippen LogP contribution in [0.5, 0.6) is 0 Å². The molecule has 8 rings (SSSR count). The van der Waals surface area contributed by atoms with E-state index in [2.05, 4.69) is 148 Å². The summed E-state index contributed by atoms with van der Waals surface area (Å²) in [6, 6.07) is 37.8. The first-order valence-electron chi connectivity index (χ1n) is 18.6. The molecule has 3 aliphatic carbocycles. The van der Waals surface area contributed by atoms with Crippen molar-refractivity contribution in [2.45, 2.75) is 117 Å². The van der Waals surface area contributed by atoms with Gasteiger partial charge < -0.3 is 31.2 Å². The van der Waals surface area contributed by atoms with Crippen LogP contribution in [0.25, 0.3) is 11.1 Å². The van der Waals surface area contributed by atoms with E-state index in [1.165, 1.54) is 79.2 Å². The molecular formula is C49H56Cl2Zr-2. The zero-order chi connectivity index (χ0) is 36.1. The summed E-state index contributed by atoms with van der Waals surface area (Å²) < 4.78 is 1.42. The number of hydrogen-bond donors (Lipinski definition) is 0. The Balaban J connectivity index is 0.000000221. The number of halogens is 2. The number of fused-ring (bicyclic) bond motifs is 5. The molecular weight excluding hydrogens is 751 g/mol. The van der Waals surface area contributed by atoms with Crippen LogP contribution >= 0.6 is 0 Å². The SMILES string of the molecule is CC1(C)[CH-]CC(C)(C)c2cc3c(cc21)Cc1cc2c(cc1-3)C(C)(C)CCC2(C)C.Cc1ccc([C](=[Zr+2])c2ccc(C)cc2)cc1.[Cl-].[Cl-].c1cc[cH-]c1. The molecule has 3 heteroatoms. The maximum atomic E-state index is 2.58. The molecule has 0 aliphatic heterocycles. The summed E-state index contributed by atoms with van der Waals surface area (Å²) in [5.41, 5.74) is 18.7. The van der Waals surface area contributed by atoms with Gasteiger partial charge in [-0.1, -0.05) is 85.2 Å². The van der Waals surface area contributed by atoms with E-state index in [-0.39, 0.29) is 46.5 Å². The first-order valence-corrected chi connectivity index (χ1v) is 19.8. The third kappa shape index (κ3) is 8.75. The Morgan fingerprint density at radius 3 is 1.38 bits per heavy atom. The van der Waals surface area contributed by atoms with Crippen LogP contribution < -0.4 is 24.8 Å². The molecule has 0 amide bonds. The standard InChI is InChI=1S/C29H37.C15H14.C5H5.2ClH.Zr/c1-26(2)9-11-28(5,6)24-16-20-18(14-22(24)26)13-19-15-23-25(17-21(19)20)29(7,8)12-10-27(23,3)4;1-12-3-7-14(8-4-12)11-15-9-5-13(2)6-10-15;1-2-4-5-3-1;;;/h9,14-17H,10-13H2,1-8H3;3-10H,1-2H3;1-5H;2*1H;/q-1;;-1;;;+2/p-2. The third-order valence-corrected chi connectivity index (χ3v) is 13.2. The summed E-state index contributed by atoms with van der Waals surface area (Å²) in [6.45, 7) is 23.6. The van der Waals surface area contributed by atoms with E-state index in [9.17, 15) is 0 Å². The Morgan fingerprint density at radius 2 is 0.962 bits per heavy atom. The fourth-order valence-electron chi connectivity index (χ4n) is 8.05. The molecule has 3 aliphatic rings. The first kappa shape index (κ1) is 42.3. The molecule has 52 heavy (non-hydrogen) atoms. The molecule has 0 saturated carbocycles. The minimum Gasteiger partial charge on any atom is -1.00 e. The summed E-state index contributed by atoms with van der Waals surface area (Å²) in [5, 5.41) is 0. The van der Waals surface area contributed by atoms with Crippen molar-refractivity contribution < 1.29 is 49.0 Å². The van der Waals surface area contributed by atoms with Crippen LogP contribution in [0.4, 0.5) is 0 Å². The fourth-order valence-corrected chi connectivity index (χ4v) is 8.87. The van der Waals surface area contributed by atoms with Gasteiger partial charge >= 0.3 is 112 Å². The summed E-state index contributed by atoms with van der Waals surface area (Å²) in [4.78, 5) is 0. The number of hydrogen-bond acceptors (Lipinski definition) is 0. The molecule has 5 aromatic carbocycles.